The van der Waals surface area contributed by atoms with Crippen LogP contribution in [0.5, 0.6) is 0 Å². The van der Waals surface area contributed by atoms with Gasteiger partial charge in [0, 0.05) is 12.6 Å². The molecule has 0 aromatic rings. The Balaban J connectivity index is 3.97. The van der Waals surface area contributed by atoms with Crippen LogP contribution in [0.2, 0.25) is 0 Å². The van der Waals surface area contributed by atoms with E-state index in [1.54, 1.807) is 0 Å². The van der Waals surface area contributed by atoms with Crippen molar-refractivity contribution in [2.75, 3.05) is 13.2 Å². The summed E-state index contributed by atoms with van der Waals surface area (Å²) in [5.41, 5.74) is 1.04. The molecule has 0 bridgehead atoms. The lowest BCUT2D eigenvalue weighted by molar-refractivity contribution is 0.0383. The Morgan fingerprint density at radius 3 is 2.06 bits per heavy atom. The first-order chi connectivity index (χ1) is 7.84. The summed E-state index contributed by atoms with van der Waals surface area (Å²) in [7, 11) is 0. The van der Waals surface area contributed by atoms with Crippen molar-refractivity contribution in [3.05, 3.63) is 0 Å². The van der Waals surface area contributed by atoms with Crippen molar-refractivity contribution >= 4 is 5.71 Å². The largest absolute Gasteiger partial charge is 0.393 e. The molecule has 0 aromatic heterocycles. The van der Waals surface area contributed by atoms with E-state index in [2.05, 4.69) is 38.2 Å². The summed E-state index contributed by atoms with van der Waals surface area (Å²) in [5, 5.41) is 16.9. The molecule has 0 unspecified atom stereocenters. The van der Waals surface area contributed by atoms with E-state index in [0.717, 1.165) is 5.71 Å². The molecule has 0 radical (unpaired) electrons. The van der Waals surface area contributed by atoms with Gasteiger partial charge in [-0.1, -0.05) is 46.7 Å². The summed E-state index contributed by atoms with van der Waals surface area (Å²) in [6.45, 7) is 13.2. The molecule has 102 valence electrons. The monoisotopic (exact) mass is 244 g/mol. The van der Waals surface area contributed by atoms with Crippen molar-refractivity contribution in [1.29, 1.82) is 0 Å². The Kier molecular flexibility index (Phi) is 8.17. The van der Waals surface area contributed by atoms with Gasteiger partial charge in [-0.05, 0) is 11.8 Å². The van der Waals surface area contributed by atoms with E-state index in [4.69, 9.17) is 4.84 Å². The van der Waals surface area contributed by atoms with Crippen LogP contribution in [0, 0.1) is 11.8 Å². The first-order valence-electron chi connectivity index (χ1n) is 6.45. The summed E-state index contributed by atoms with van der Waals surface area (Å²) >= 11 is 0. The zero-order valence-electron chi connectivity index (χ0n) is 12.0. The number of aliphatic hydroxyl groups is 1. The van der Waals surface area contributed by atoms with Gasteiger partial charge in [-0.25, -0.2) is 0 Å². The summed E-state index contributed by atoms with van der Waals surface area (Å²) < 4.78 is 0. The number of rotatable bonds is 8. The second-order valence-corrected chi connectivity index (χ2v) is 5.34. The highest BCUT2D eigenvalue weighted by Crippen LogP contribution is 2.08. The molecule has 0 aromatic carbocycles. The van der Waals surface area contributed by atoms with Crippen molar-refractivity contribution in [3.63, 3.8) is 0 Å². The Morgan fingerprint density at radius 2 is 1.65 bits per heavy atom. The second kappa shape index (κ2) is 8.48. The van der Waals surface area contributed by atoms with Gasteiger partial charge in [-0.2, -0.15) is 0 Å². The van der Waals surface area contributed by atoms with E-state index >= 15 is 0 Å². The number of hydrogen-bond acceptors (Lipinski definition) is 4. The third-order valence-corrected chi connectivity index (χ3v) is 2.38. The standard InChI is InChI=1S/C13H28N2O2/c1-9(2)13(10(3)4)15-17-8-12(16)7-14-11(5)6/h9-12,14,16H,7-8H2,1-6H3/t12-/m1/s1. The topological polar surface area (TPSA) is 53.8 Å². The normalized spacial score (nSPS) is 13.3. The maximum atomic E-state index is 9.63. The van der Waals surface area contributed by atoms with Crippen LogP contribution in [0.3, 0.4) is 0 Å². The Morgan fingerprint density at radius 1 is 1.12 bits per heavy atom. The molecule has 0 saturated carbocycles. The van der Waals surface area contributed by atoms with Gasteiger partial charge in [-0.15, -0.1) is 0 Å². The molecule has 0 aliphatic carbocycles. The van der Waals surface area contributed by atoms with Crippen LogP contribution >= 0.6 is 0 Å². The Bertz CT molecular complexity index is 215. The summed E-state index contributed by atoms with van der Waals surface area (Å²) in [5.74, 6) is 0.752. The molecule has 0 rings (SSSR count). The zero-order valence-corrected chi connectivity index (χ0v) is 12.0. The number of aliphatic hydroxyl groups excluding tert-OH is 1. The highest BCUT2D eigenvalue weighted by atomic mass is 16.6. The van der Waals surface area contributed by atoms with E-state index in [9.17, 15) is 5.11 Å². The molecule has 2 N–H and O–H groups in total. The molecule has 0 aliphatic rings. The first-order valence-corrected chi connectivity index (χ1v) is 6.45. The Hall–Kier alpha value is -0.610. The maximum absolute atomic E-state index is 9.63. The molecule has 4 nitrogen and oxygen atoms in total. The van der Waals surface area contributed by atoms with E-state index in [-0.39, 0.29) is 6.61 Å². The average molecular weight is 244 g/mol. The number of oxime groups is 1. The van der Waals surface area contributed by atoms with Gasteiger partial charge in [0.15, 0.2) is 0 Å². The van der Waals surface area contributed by atoms with Crippen molar-refractivity contribution < 1.29 is 9.94 Å². The van der Waals surface area contributed by atoms with Crippen molar-refractivity contribution in [2.45, 2.75) is 53.7 Å². The minimum Gasteiger partial charge on any atom is -0.393 e. The summed E-state index contributed by atoms with van der Waals surface area (Å²) in [6.07, 6.45) is -0.512. The van der Waals surface area contributed by atoms with E-state index < -0.39 is 6.10 Å². The van der Waals surface area contributed by atoms with Gasteiger partial charge in [0.25, 0.3) is 0 Å². The third kappa shape index (κ3) is 8.16. The summed E-state index contributed by atoms with van der Waals surface area (Å²) in [6, 6.07) is 0.370. The van der Waals surface area contributed by atoms with E-state index in [0.29, 0.717) is 24.4 Å². The summed E-state index contributed by atoms with van der Waals surface area (Å²) in [4.78, 5) is 5.21. The van der Waals surface area contributed by atoms with Crippen LogP contribution in [0.15, 0.2) is 5.16 Å². The average Bonchev–Trinajstić information content (AvgIpc) is 2.20. The van der Waals surface area contributed by atoms with Crippen LogP contribution in [-0.4, -0.2) is 36.1 Å². The van der Waals surface area contributed by atoms with Crippen LogP contribution < -0.4 is 5.32 Å². The lowest BCUT2D eigenvalue weighted by atomic mass is 9.98. The van der Waals surface area contributed by atoms with Gasteiger partial charge < -0.3 is 15.3 Å². The van der Waals surface area contributed by atoms with Crippen LogP contribution in [-0.2, 0) is 4.84 Å². The van der Waals surface area contributed by atoms with Gasteiger partial charge in [-0.3, -0.25) is 0 Å². The molecule has 17 heavy (non-hydrogen) atoms. The van der Waals surface area contributed by atoms with E-state index in [1.165, 1.54) is 0 Å². The van der Waals surface area contributed by atoms with E-state index in [1.807, 2.05) is 13.8 Å². The zero-order chi connectivity index (χ0) is 13.4. The maximum Gasteiger partial charge on any atom is 0.144 e. The molecule has 0 aliphatic heterocycles. The van der Waals surface area contributed by atoms with Crippen LogP contribution in [0.1, 0.15) is 41.5 Å². The molecule has 0 heterocycles. The number of hydrogen-bond donors (Lipinski definition) is 2. The lowest BCUT2D eigenvalue weighted by Gasteiger charge is -2.15. The van der Waals surface area contributed by atoms with Crippen molar-refractivity contribution in [1.82, 2.24) is 5.32 Å². The minimum atomic E-state index is -0.512. The smallest absolute Gasteiger partial charge is 0.144 e. The van der Waals surface area contributed by atoms with Crippen LogP contribution in [0.4, 0.5) is 0 Å². The second-order valence-electron chi connectivity index (χ2n) is 5.34. The lowest BCUT2D eigenvalue weighted by Crippen LogP contribution is -2.34. The highest BCUT2D eigenvalue weighted by Gasteiger charge is 2.11. The molecule has 0 saturated heterocycles. The predicted molar refractivity (Wildman–Crippen MR) is 72.2 cm³/mol. The predicted octanol–water partition coefficient (Wildman–Crippen LogP) is 2.03. The minimum absolute atomic E-state index is 0.239. The fourth-order valence-electron chi connectivity index (χ4n) is 1.51. The molecular weight excluding hydrogens is 216 g/mol. The van der Waals surface area contributed by atoms with Crippen molar-refractivity contribution in [3.8, 4) is 0 Å². The fourth-order valence-corrected chi connectivity index (χ4v) is 1.51. The van der Waals surface area contributed by atoms with Crippen molar-refractivity contribution in [2.24, 2.45) is 17.0 Å². The SMILES string of the molecule is CC(C)NC[C@@H](O)CON=C(C(C)C)C(C)C. The molecule has 0 spiro atoms. The van der Waals surface area contributed by atoms with Gasteiger partial charge in [0.1, 0.15) is 12.7 Å². The highest BCUT2D eigenvalue weighted by molar-refractivity contribution is 5.87. The molecule has 0 amide bonds. The molecule has 1 atom stereocenters. The molecule has 4 heteroatoms. The third-order valence-electron chi connectivity index (χ3n) is 2.38. The number of nitrogens with one attached hydrogen (secondary N) is 1. The van der Waals surface area contributed by atoms with Gasteiger partial charge in [0.05, 0.1) is 5.71 Å². The molecular formula is C13H28N2O2. The Labute approximate surface area is 105 Å². The van der Waals surface area contributed by atoms with Gasteiger partial charge >= 0.3 is 0 Å². The molecule has 0 fully saturated rings. The quantitative estimate of drug-likeness (QED) is 0.507. The number of nitrogens with zero attached hydrogens (tertiary/aromatic N) is 1. The van der Waals surface area contributed by atoms with Crippen LogP contribution in [0.25, 0.3) is 0 Å². The fraction of sp³-hybridized carbons (Fsp3) is 0.923. The van der Waals surface area contributed by atoms with Gasteiger partial charge in [0.2, 0.25) is 0 Å². The first kappa shape index (κ1) is 16.4.